The first-order chi connectivity index (χ1) is 8.25. The number of rotatable bonds is 2. The number of nitrogens with one attached hydrogen (secondary N) is 1. The molecule has 17 heavy (non-hydrogen) atoms. The van der Waals surface area contributed by atoms with Crippen LogP contribution in [0.4, 0.5) is 5.82 Å². The fourth-order valence-corrected chi connectivity index (χ4v) is 1.74. The Morgan fingerprint density at radius 3 is 2.65 bits per heavy atom. The van der Waals surface area contributed by atoms with E-state index in [4.69, 9.17) is 16.3 Å². The van der Waals surface area contributed by atoms with Gasteiger partial charge in [0.1, 0.15) is 5.82 Å². The average Bonchev–Trinajstić information content (AvgIpc) is 2.38. The Kier molecular flexibility index (Phi) is 6.22. The van der Waals surface area contributed by atoms with Crippen molar-refractivity contribution < 1.29 is 4.74 Å². The van der Waals surface area contributed by atoms with Crippen molar-refractivity contribution in [2.75, 3.05) is 18.5 Å². The first-order valence-electron chi connectivity index (χ1n) is 6.09. The third-order valence-electron chi connectivity index (χ3n) is 2.50. The van der Waals surface area contributed by atoms with E-state index in [2.05, 4.69) is 15.3 Å². The molecule has 4 nitrogen and oxygen atoms in total. The molecule has 1 N–H and O–H groups in total. The second kappa shape index (κ2) is 7.45. The Labute approximate surface area is 108 Å². The van der Waals surface area contributed by atoms with Crippen LogP contribution < -0.4 is 5.32 Å². The van der Waals surface area contributed by atoms with Gasteiger partial charge in [-0.1, -0.05) is 13.8 Å². The Hall–Kier alpha value is -0.870. The van der Waals surface area contributed by atoms with Crippen LogP contribution in [-0.2, 0) is 4.74 Å². The van der Waals surface area contributed by atoms with E-state index in [0.29, 0.717) is 6.04 Å². The van der Waals surface area contributed by atoms with Crippen LogP contribution >= 0.6 is 11.6 Å². The molecule has 0 spiro atoms. The topological polar surface area (TPSA) is 47.0 Å². The maximum absolute atomic E-state index is 5.75. The maximum Gasteiger partial charge on any atom is 0.224 e. The lowest BCUT2D eigenvalue weighted by atomic mass is 10.1. The van der Waals surface area contributed by atoms with Gasteiger partial charge in [-0.3, -0.25) is 0 Å². The van der Waals surface area contributed by atoms with Gasteiger partial charge in [0.15, 0.2) is 0 Å². The average molecular weight is 258 g/mol. The first kappa shape index (κ1) is 14.2. The Morgan fingerprint density at radius 1 is 1.35 bits per heavy atom. The smallest absolute Gasteiger partial charge is 0.224 e. The number of aryl methyl sites for hydroxylation is 1. The Bertz CT molecular complexity index is 341. The van der Waals surface area contributed by atoms with Gasteiger partial charge in [0, 0.05) is 31.0 Å². The highest BCUT2D eigenvalue weighted by Gasteiger charge is 2.15. The highest BCUT2D eigenvalue weighted by atomic mass is 35.5. The van der Waals surface area contributed by atoms with Gasteiger partial charge in [-0.05, 0) is 31.4 Å². The van der Waals surface area contributed by atoms with Gasteiger partial charge in [-0.25, -0.2) is 9.97 Å². The van der Waals surface area contributed by atoms with Gasteiger partial charge in [-0.15, -0.1) is 0 Å². The van der Waals surface area contributed by atoms with Crippen molar-refractivity contribution in [3.63, 3.8) is 0 Å². The largest absolute Gasteiger partial charge is 0.381 e. The fraction of sp³-hybridized carbons (Fsp3) is 0.667. The van der Waals surface area contributed by atoms with Crippen molar-refractivity contribution in [1.29, 1.82) is 0 Å². The highest BCUT2D eigenvalue weighted by Crippen LogP contribution is 2.17. The van der Waals surface area contributed by atoms with Crippen LogP contribution in [-0.4, -0.2) is 29.2 Å². The van der Waals surface area contributed by atoms with Crippen molar-refractivity contribution in [2.24, 2.45) is 0 Å². The molecule has 0 amide bonds. The lowest BCUT2D eigenvalue weighted by Crippen LogP contribution is -2.28. The summed E-state index contributed by atoms with van der Waals surface area (Å²) in [6, 6.07) is 0.434. The van der Waals surface area contributed by atoms with Crippen molar-refractivity contribution in [2.45, 2.75) is 39.7 Å². The molecule has 96 valence electrons. The van der Waals surface area contributed by atoms with Gasteiger partial charge in [-0.2, -0.15) is 0 Å². The summed E-state index contributed by atoms with van der Waals surface area (Å²) in [6.07, 6.45) is 3.76. The molecule has 1 aromatic heterocycles. The van der Waals surface area contributed by atoms with Crippen LogP contribution in [0.15, 0.2) is 6.20 Å². The Balaban J connectivity index is 0.000000686. The van der Waals surface area contributed by atoms with Gasteiger partial charge < -0.3 is 10.1 Å². The SMILES string of the molecule is CC.Cc1cnc(Cl)nc1NC1CCOCC1. The molecule has 0 atom stereocenters. The minimum atomic E-state index is 0.287. The van der Waals surface area contributed by atoms with E-state index in [-0.39, 0.29) is 5.28 Å². The highest BCUT2D eigenvalue weighted by molar-refractivity contribution is 6.28. The monoisotopic (exact) mass is 257 g/mol. The fourth-order valence-electron chi connectivity index (χ4n) is 1.60. The standard InChI is InChI=1S/C10H14ClN3O.C2H6/c1-7-6-12-10(11)14-9(7)13-8-2-4-15-5-3-8;1-2/h6,8H,2-5H2,1H3,(H,12,13,14);1-2H3. The van der Waals surface area contributed by atoms with Crippen molar-refractivity contribution >= 4 is 17.4 Å². The van der Waals surface area contributed by atoms with Gasteiger partial charge in [0.25, 0.3) is 0 Å². The van der Waals surface area contributed by atoms with Gasteiger partial charge in [0.05, 0.1) is 0 Å². The number of nitrogens with zero attached hydrogens (tertiary/aromatic N) is 2. The van der Waals surface area contributed by atoms with E-state index < -0.39 is 0 Å². The van der Waals surface area contributed by atoms with Crippen LogP contribution in [0.25, 0.3) is 0 Å². The Morgan fingerprint density at radius 2 is 2.00 bits per heavy atom. The molecule has 5 heteroatoms. The molecule has 2 rings (SSSR count). The molecule has 0 aromatic carbocycles. The lowest BCUT2D eigenvalue weighted by molar-refractivity contribution is 0.0903. The second-order valence-corrected chi connectivity index (χ2v) is 4.04. The zero-order valence-electron chi connectivity index (χ0n) is 10.7. The summed E-state index contributed by atoms with van der Waals surface area (Å²) in [5, 5.41) is 3.66. The van der Waals surface area contributed by atoms with Crippen molar-refractivity contribution in [1.82, 2.24) is 9.97 Å². The molecule has 2 heterocycles. The predicted molar refractivity (Wildman–Crippen MR) is 70.6 cm³/mol. The van der Waals surface area contributed by atoms with Crippen LogP contribution in [0, 0.1) is 6.92 Å². The second-order valence-electron chi connectivity index (χ2n) is 3.70. The molecular weight excluding hydrogens is 238 g/mol. The zero-order valence-corrected chi connectivity index (χ0v) is 11.4. The van der Waals surface area contributed by atoms with Crippen LogP contribution in [0.1, 0.15) is 32.3 Å². The molecule has 0 radical (unpaired) electrons. The van der Waals surface area contributed by atoms with Crippen LogP contribution in [0.2, 0.25) is 5.28 Å². The summed E-state index contributed by atoms with van der Waals surface area (Å²) in [6.45, 7) is 7.60. The normalized spacial score (nSPS) is 16.0. The number of aromatic nitrogens is 2. The molecule has 1 saturated heterocycles. The van der Waals surface area contributed by atoms with E-state index >= 15 is 0 Å². The van der Waals surface area contributed by atoms with E-state index in [1.807, 2.05) is 20.8 Å². The zero-order chi connectivity index (χ0) is 12.7. The number of anilines is 1. The molecule has 0 saturated carbocycles. The van der Waals surface area contributed by atoms with Crippen LogP contribution in [0.5, 0.6) is 0 Å². The van der Waals surface area contributed by atoms with E-state index in [0.717, 1.165) is 37.4 Å². The molecule has 0 bridgehead atoms. The minimum Gasteiger partial charge on any atom is -0.381 e. The molecule has 1 aliphatic rings. The molecule has 0 aliphatic carbocycles. The number of halogens is 1. The maximum atomic E-state index is 5.75. The summed E-state index contributed by atoms with van der Waals surface area (Å²) in [5.41, 5.74) is 1.02. The predicted octanol–water partition coefficient (Wildman–Crippen LogP) is 3.06. The molecule has 1 fully saturated rings. The molecular formula is C12H20ClN3O. The summed E-state index contributed by atoms with van der Waals surface area (Å²) < 4.78 is 5.29. The lowest BCUT2D eigenvalue weighted by Gasteiger charge is -2.24. The first-order valence-corrected chi connectivity index (χ1v) is 6.47. The third kappa shape index (κ3) is 4.48. The summed E-state index contributed by atoms with van der Waals surface area (Å²) in [5.74, 6) is 0.835. The quantitative estimate of drug-likeness (QED) is 0.828. The van der Waals surface area contributed by atoms with Crippen molar-refractivity contribution in [3.8, 4) is 0 Å². The van der Waals surface area contributed by atoms with Gasteiger partial charge >= 0.3 is 0 Å². The molecule has 0 unspecified atom stereocenters. The molecule has 1 aromatic rings. The number of hydrogen-bond donors (Lipinski definition) is 1. The summed E-state index contributed by atoms with van der Waals surface area (Å²) >= 11 is 5.75. The van der Waals surface area contributed by atoms with E-state index in [9.17, 15) is 0 Å². The molecule has 1 aliphatic heterocycles. The third-order valence-corrected chi connectivity index (χ3v) is 2.69. The summed E-state index contributed by atoms with van der Waals surface area (Å²) in [4.78, 5) is 8.09. The minimum absolute atomic E-state index is 0.287. The number of ether oxygens (including phenoxy) is 1. The van der Waals surface area contributed by atoms with Crippen LogP contribution in [0.3, 0.4) is 0 Å². The van der Waals surface area contributed by atoms with E-state index in [1.165, 1.54) is 0 Å². The van der Waals surface area contributed by atoms with Gasteiger partial charge in [0.2, 0.25) is 5.28 Å². The van der Waals surface area contributed by atoms with E-state index in [1.54, 1.807) is 6.20 Å². The van der Waals surface area contributed by atoms with Crippen molar-refractivity contribution in [3.05, 3.63) is 17.0 Å². The summed E-state index contributed by atoms with van der Waals surface area (Å²) in [7, 11) is 0. The number of hydrogen-bond acceptors (Lipinski definition) is 4.